The second kappa shape index (κ2) is 5.81. The molecule has 1 aromatic carbocycles. The third-order valence-corrected chi connectivity index (χ3v) is 4.80. The molecule has 0 spiro atoms. The molecule has 0 fully saturated rings. The van der Waals surface area contributed by atoms with Crippen molar-refractivity contribution in [2.24, 2.45) is 0 Å². The van der Waals surface area contributed by atoms with Crippen molar-refractivity contribution in [3.63, 3.8) is 0 Å². The molecule has 1 heterocycles. The highest BCUT2D eigenvalue weighted by Crippen LogP contribution is 2.28. The average molecular weight is 309 g/mol. The Balaban J connectivity index is 2.34. The van der Waals surface area contributed by atoms with Crippen LogP contribution in [0.2, 0.25) is 0 Å². The lowest BCUT2D eigenvalue weighted by Gasteiger charge is -2.27. The molecule has 4 nitrogen and oxygen atoms in total. The van der Waals surface area contributed by atoms with Gasteiger partial charge >= 0.3 is 5.97 Å². The van der Waals surface area contributed by atoms with Crippen LogP contribution in [0, 0.1) is 5.82 Å². The van der Waals surface area contributed by atoms with Gasteiger partial charge < -0.3 is 10.4 Å². The van der Waals surface area contributed by atoms with Crippen LogP contribution >= 0.6 is 11.3 Å². The fraction of sp³-hybridized carbons (Fsp3) is 0.333. The molecular formula is C15H16FNO3S. The number of nitrogens with one attached hydrogen (secondary N) is 1. The van der Waals surface area contributed by atoms with Gasteiger partial charge in [-0.15, -0.1) is 11.3 Å². The summed E-state index contributed by atoms with van der Waals surface area (Å²) in [5.74, 6) is -1.94. The Hall–Kier alpha value is -1.95. The van der Waals surface area contributed by atoms with Crippen LogP contribution in [0.25, 0.3) is 10.1 Å². The van der Waals surface area contributed by atoms with Crippen molar-refractivity contribution in [2.45, 2.75) is 32.2 Å². The number of hydrogen-bond donors (Lipinski definition) is 2. The Bertz CT molecular complexity index is 691. The number of benzene rings is 1. The molecule has 21 heavy (non-hydrogen) atoms. The van der Waals surface area contributed by atoms with Gasteiger partial charge in [0.15, 0.2) is 0 Å². The first-order valence-corrected chi connectivity index (χ1v) is 7.49. The number of amides is 1. The summed E-state index contributed by atoms with van der Waals surface area (Å²) in [5.41, 5.74) is -1.29. The minimum Gasteiger partial charge on any atom is -0.480 e. The number of halogens is 1. The van der Waals surface area contributed by atoms with Crippen molar-refractivity contribution in [2.75, 3.05) is 0 Å². The van der Waals surface area contributed by atoms with Crippen LogP contribution in [0.4, 0.5) is 4.39 Å². The lowest BCUT2D eigenvalue weighted by molar-refractivity contribution is -0.144. The van der Waals surface area contributed by atoms with Crippen LogP contribution in [0.5, 0.6) is 0 Å². The van der Waals surface area contributed by atoms with E-state index in [0.717, 1.165) is 11.3 Å². The van der Waals surface area contributed by atoms with Crippen molar-refractivity contribution in [3.8, 4) is 0 Å². The number of carboxylic acid groups (broad SMARTS) is 1. The largest absolute Gasteiger partial charge is 0.480 e. The van der Waals surface area contributed by atoms with Gasteiger partial charge in [-0.05, 0) is 31.0 Å². The number of carbonyl (C=O) groups excluding carboxylic acids is 1. The zero-order chi connectivity index (χ0) is 15.6. The fourth-order valence-electron chi connectivity index (χ4n) is 2.20. The highest BCUT2D eigenvalue weighted by atomic mass is 32.1. The van der Waals surface area contributed by atoms with Crippen LogP contribution in [0.1, 0.15) is 36.4 Å². The van der Waals surface area contributed by atoms with Gasteiger partial charge in [-0.1, -0.05) is 19.9 Å². The molecule has 0 atom stereocenters. The molecule has 0 aliphatic rings. The number of aliphatic carboxylic acids is 1. The summed E-state index contributed by atoms with van der Waals surface area (Å²) in [6, 6.07) is 6.10. The summed E-state index contributed by atoms with van der Waals surface area (Å²) in [6.07, 6.45) is 0.563. The smallest absolute Gasteiger partial charge is 0.329 e. The van der Waals surface area contributed by atoms with Crippen LogP contribution < -0.4 is 5.32 Å². The molecule has 0 unspecified atom stereocenters. The van der Waals surface area contributed by atoms with Gasteiger partial charge in [0, 0.05) is 10.1 Å². The number of carboxylic acids is 1. The topological polar surface area (TPSA) is 66.4 Å². The maximum absolute atomic E-state index is 13.6. The first-order valence-electron chi connectivity index (χ1n) is 6.67. The van der Waals surface area contributed by atoms with Gasteiger partial charge in [0.2, 0.25) is 0 Å². The maximum atomic E-state index is 13.6. The quantitative estimate of drug-likeness (QED) is 0.889. The third kappa shape index (κ3) is 2.76. The van der Waals surface area contributed by atoms with E-state index in [1.807, 2.05) is 0 Å². The lowest BCUT2D eigenvalue weighted by Crippen LogP contribution is -2.53. The SMILES string of the molecule is CCC(CC)(NC(=O)c1cc2c(F)cccc2s1)C(=O)O. The van der Waals surface area contributed by atoms with Crippen LogP contribution in [0.3, 0.4) is 0 Å². The maximum Gasteiger partial charge on any atom is 0.329 e. The summed E-state index contributed by atoms with van der Waals surface area (Å²) in [7, 11) is 0. The van der Waals surface area contributed by atoms with E-state index in [1.54, 1.807) is 26.0 Å². The Labute approximate surface area is 125 Å². The first-order chi connectivity index (χ1) is 9.93. The molecule has 0 radical (unpaired) electrons. The Morgan fingerprint density at radius 2 is 2.00 bits per heavy atom. The Kier molecular flexibility index (Phi) is 4.27. The van der Waals surface area contributed by atoms with E-state index in [-0.39, 0.29) is 12.8 Å². The van der Waals surface area contributed by atoms with Gasteiger partial charge in [-0.25, -0.2) is 9.18 Å². The van der Waals surface area contributed by atoms with E-state index >= 15 is 0 Å². The van der Waals surface area contributed by atoms with Crippen LogP contribution in [0.15, 0.2) is 24.3 Å². The highest BCUT2D eigenvalue weighted by Gasteiger charge is 2.36. The van der Waals surface area contributed by atoms with Crippen LogP contribution in [-0.4, -0.2) is 22.5 Å². The third-order valence-electron chi connectivity index (χ3n) is 3.70. The fourth-order valence-corrected chi connectivity index (χ4v) is 3.17. The summed E-state index contributed by atoms with van der Waals surface area (Å²) in [6.45, 7) is 3.42. The molecule has 0 aliphatic heterocycles. The van der Waals surface area contributed by atoms with E-state index in [4.69, 9.17) is 0 Å². The number of rotatable bonds is 5. The van der Waals surface area contributed by atoms with Gasteiger partial charge in [-0.2, -0.15) is 0 Å². The minimum absolute atomic E-state index is 0.282. The molecule has 2 aromatic rings. The number of hydrogen-bond acceptors (Lipinski definition) is 3. The van der Waals surface area contributed by atoms with E-state index in [2.05, 4.69) is 5.32 Å². The Morgan fingerprint density at radius 3 is 2.52 bits per heavy atom. The zero-order valence-corrected chi connectivity index (χ0v) is 12.6. The second-order valence-corrected chi connectivity index (χ2v) is 5.89. The van der Waals surface area contributed by atoms with Gasteiger partial charge in [0.25, 0.3) is 5.91 Å². The van der Waals surface area contributed by atoms with E-state index in [1.165, 1.54) is 12.1 Å². The van der Waals surface area contributed by atoms with E-state index < -0.39 is 23.2 Å². The van der Waals surface area contributed by atoms with Crippen molar-refractivity contribution in [1.82, 2.24) is 5.32 Å². The van der Waals surface area contributed by atoms with Crippen LogP contribution in [-0.2, 0) is 4.79 Å². The molecular weight excluding hydrogens is 293 g/mol. The molecule has 0 saturated carbocycles. The normalized spacial score (nSPS) is 11.6. The molecule has 2 rings (SSSR count). The van der Waals surface area contributed by atoms with Gasteiger partial charge in [-0.3, -0.25) is 4.79 Å². The van der Waals surface area contributed by atoms with Gasteiger partial charge in [0.1, 0.15) is 11.4 Å². The number of thiophene rings is 1. The van der Waals surface area contributed by atoms with Crippen molar-refractivity contribution in [3.05, 3.63) is 35.0 Å². The summed E-state index contributed by atoms with van der Waals surface area (Å²) in [4.78, 5) is 24.0. The molecule has 2 N–H and O–H groups in total. The summed E-state index contributed by atoms with van der Waals surface area (Å²) in [5, 5.41) is 12.3. The monoisotopic (exact) mass is 309 g/mol. The Morgan fingerprint density at radius 1 is 1.33 bits per heavy atom. The molecule has 6 heteroatoms. The molecule has 0 bridgehead atoms. The van der Waals surface area contributed by atoms with Crippen molar-refractivity contribution < 1.29 is 19.1 Å². The standard InChI is InChI=1S/C15H16FNO3S/c1-3-15(4-2,14(19)20)17-13(18)12-8-9-10(16)6-5-7-11(9)21-12/h5-8H,3-4H2,1-2H3,(H,17,18)(H,19,20). The van der Waals surface area contributed by atoms with E-state index in [0.29, 0.717) is 15.0 Å². The van der Waals surface area contributed by atoms with Crippen molar-refractivity contribution in [1.29, 1.82) is 0 Å². The average Bonchev–Trinajstić information content (AvgIpc) is 2.90. The lowest BCUT2D eigenvalue weighted by atomic mass is 9.93. The minimum atomic E-state index is -1.29. The summed E-state index contributed by atoms with van der Waals surface area (Å²) >= 11 is 1.15. The molecule has 1 amide bonds. The zero-order valence-electron chi connectivity index (χ0n) is 11.8. The first kappa shape index (κ1) is 15.4. The number of fused-ring (bicyclic) bond motifs is 1. The molecule has 1 aromatic heterocycles. The molecule has 0 aliphatic carbocycles. The second-order valence-electron chi connectivity index (χ2n) is 4.81. The highest BCUT2D eigenvalue weighted by molar-refractivity contribution is 7.20. The van der Waals surface area contributed by atoms with Crippen molar-refractivity contribution >= 4 is 33.3 Å². The van der Waals surface area contributed by atoms with E-state index in [9.17, 15) is 19.1 Å². The predicted octanol–water partition coefficient (Wildman–Crippen LogP) is 3.41. The number of carbonyl (C=O) groups is 2. The summed E-state index contributed by atoms with van der Waals surface area (Å²) < 4.78 is 14.3. The molecule has 112 valence electrons. The van der Waals surface area contributed by atoms with Gasteiger partial charge in [0.05, 0.1) is 4.88 Å². The predicted molar refractivity (Wildman–Crippen MR) is 80.2 cm³/mol. The molecule has 0 saturated heterocycles.